The second-order valence-corrected chi connectivity index (χ2v) is 8.53. The van der Waals surface area contributed by atoms with Crippen molar-refractivity contribution in [2.45, 2.75) is 27.3 Å². The van der Waals surface area contributed by atoms with Crippen LogP contribution in [0.1, 0.15) is 36.9 Å². The molecule has 0 unspecified atom stereocenters. The van der Waals surface area contributed by atoms with E-state index in [2.05, 4.69) is 21.3 Å². The zero-order valence-corrected chi connectivity index (χ0v) is 18.9. The van der Waals surface area contributed by atoms with Gasteiger partial charge in [0, 0.05) is 28.0 Å². The quantitative estimate of drug-likeness (QED) is 0.412. The van der Waals surface area contributed by atoms with Crippen molar-refractivity contribution in [1.82, 2.24) is 5.32 Å². The molecule has 0 aliphatic carbocycles. The molecule has 0 aliphatic rings. The fourth-order valence-corrected chi connectivity index (χ4v) is 2.80. The molecule has 1 heterocycles. The number of benzene rings is 2. The van der Waals surface area contributed by atoms with E-state index in [0.717, 1.165) is 0 Å². The first kappa shape index (κ1) is 23.6. The molecule has 0 bridgehead atoms. The van der Waals surface area contributed by atoms with Crippen LogP contribution in [-0.2, 0) is 16.1 Å². The largest absolute Gasteiger partial charge is 0.467 e. The van der Waals surface area contributed by atoms with Crippen LogP contribution in [0, 0.1) is 5.41 Å². The minimum absolute atomic E-state index is 0.0437. The van der Waals surface area contributed by atoms with Gasteiger partial charge in [-0.3, -0.25) is 14.4 Å². The summed E-state index contributed by atoms with van der Waals surface area (Å²) in [5.41, 5.74) is 1.92. The molecule has 4 N–H and O–H groups in total. The van der Waals surface area contributed by atoms with E-state index in [1.54, 1.807) is 60.9 Å². The smallest absolute Gasteiger partial charge is 0.251 e. The first-order valence-electron chi connectivity index (χ1n) is 10.6. The number of furan rings is 1. The molecule has 8 nitrogen and oxygen atoms in total. The Balaban J connectivity index is 1.47. The predicted octanol–water partition coefficient (Wildman–Crippen LogP) is 4.24. The Morgan fingerprint density at radius 1 is 0.848 bits per heavy atom. The second-order valence-electron chi connectivity index (χ2n) is 8.53. The average molecular weight is 449 g/mol. The highest BCUT2D eigenvalue weighted by molar-refractivity contribution is 5.97. The van der Waals surface area contributed by atoms with Crippen molar-refractivity contribution < 1.29 is 18.8 Å². The lowest BCUT2D eigenvalue weighted by Gasteiger charge is -2.18. The molecule has 0 saturated carbocycles. The van der Waals surface area contributed by atoms with Gasteiger partial charge in [0.25, 0.3) is 5.91 Å². The third-order valence-electron chi connectivity index (χ3n) is 4.69. The van der Waals surface area contributed by atoms with Crippen molar-refractivity contribution in [2.24, 2.45) is 5.41 Å². The monoisotopic (exact) mass is 448 g/mol. The summed E-state index contributed by atoms with van der Waals surface area (Å²) in [4.78, 5) is 36.7. The van der Waals surface area contributed by atoms with Gasteiger partial charge in [-0.1, -0.05) is 26.8 Å². The minimum atomic E-state index is -0.501. The molecule has 0 aliphatic heterocycles. The van der Waals surface area contributed by atoms with Gasteiger partial charge in [0.15, 0.2) is 0 Å². The zero-order chi connectivity index (χ0) is 23.8. The fraction of sp³-hybridized carbons (Fsp3) is 0.240. The summed E-state index contributed by atoms with van der Waals surface area (Å²) in [6.07, 6.45) is 1.55. The van der Waals surface area contributed by atoms with Crippen LogP contribution < -0.4 is 21.3 Å². The Morgan fingerprint density at radius 2 is 1.58 bits per heavy atom. The summed E-state index contributed by atoms with van der Waals surface area (Å²) in [5.74, 6) is 0.107. The van der Waals surface area contributed by atoms with Crippen LogP contribution in [0.2, 0.25) is 0 Å². The van der Waals surface area contributed by atoms with Crippen LogP contribution in [0.3, 0.4) is 0 Å². The molecule has 3 aromatic rings. The van der Waals surface area contributed by atoms with Crippen LogP contribution in [0.4, 0.5) is 17.1 Å². The maximum atomic E-state index is 12.3. The topological polar surface area (TPSA) is 112 Å². The molecule has 0 radical (unpaired) electrons. The molecule has 0 spiro atoms. The van der Waals surface area contributed by atoms with Crippen LogP contribution in [0.15, 0.2) is 71.3 Å². The molecule has 3 amide bonds. The molecule has 2 aromatic carbocycles. The number of carbonyl (C=O) groups excluding carboxylic acids is 3. The van der Waals surface area contributed by atoms with Crippen molar-refractivity contribution >= 4 is 34.8 Å². The highest BCUT2D eigenvalue weighted by Gasteiger charge is 2.21. The Labute approximate surface area is 192 Å². The minimum Gasteiger partial charge on any atom is -0.467 e. The average Bonchev–Trinajstić information content (AvgIpc) is 3.30. The van der Waals surface area contributed by atoms with E-state index in [1.807, 2.05) is 26.8 Å². The normalized spacial score (nSPS) is 10.9. The Morgan fingerprint density at radius 3 is 2.24 bits per heavy atom. The van der Waals surface area contributed by atoms with E-state index in [4.69, 9.17) is 4.42 Å². The van der Waals surface area contributed by atoms with Crippen LogP contribution in [0.5, 0.6) is 0 Å². The molecule has 172 valence electrons. The van der Waals surface area contributed by atoms with Gasteiger partial charge in [-0.15, -0.1) is 0 Å². The highest BCUT2D eigenvalue weighted by Crippen LogP contribution is 2.20. The lowest BCUT2D eigenvalue weighted by molar-refractivity contribution is -0.123. The van der Waals surface area contributed by atoms with Crippen molar-refractivity contribution in [1.29, 1.82) is 0 Å². The third kappa shape index (κ3) is 7.24. The van der Waals surface area contributed by atoms with Gasteiger partial charge in [-0.25, -0.2) is 0 Å². The Kier molecular flexibility index (Phi) is 7.50. The molecule has 0 saturated heterocycles. The van der Waals surface area contributed by atoms with Crippen LogP contribution in [-0.4, -0.2) is 24.3 Å². The molecule has 0 atom stereocenters. The summed E-state index contributed by atoms with van der Waals surface area (Å²) in [6.45, 7) is 5.87. The van der Waals surface area contributed by atoms with Gasteiger partial charge >= 0.3 is 0 Å². The lowest BCUT2D eigenvalue weighted by Crippen LogP contribution is -2.27. The maximum Gasteiger partial charge on any atom is 0.251 e. The highest BCUT2D eigenvalue weighted by atomic mass is 16.3. The lowest BCUT2D eigenvalue weighted by atomic mass is 9.95. The first-order chi connectivity index (χ1) is 15.7. The van der Waals surface area contributed by atoms with E-state index >= 15 is 0 Å². The summed E-state index contributed by atoms with van der Waals surface area (Å²) < 4.78 is 5.19. The van der Waals surface area contributed by atoms with E-state index in [-0.39, 0.29) is 24.3 Å². The van der Waals surface area contributed by atoms with Gasteiger partial charge < -0.3 is 25.7 Å². The maximum absolute atomic E-state index is 12.3. The summed E-state index contributed by atoms with van der Waals surface area (Å²) in [5, 5.41) is 11.5. The number of rotatable bonds is 8. The van der Waals surface area contributed by atoms with E-state index in [9.17, 15) is 14.4 Å². The molecule has 3 rings (SSSR count). The van der Waals surface area contributed by atoms with Gasteiger partial charge in [-0.05, 0) is 54.6 Å². The van der Waals surface area contributed by atoms with E-state index in [0.29, 0.717) is 34.9 Å². The summed E-state index contributed by atoms with van der Waals surface area (Å²) in [6, 6.07) is 17.3. The second kappa shape index (κ2) is 10.5. The van der Waals surface area contributed by atoms with Gasteiger partial charge in [-0.2, -0.15) is 0 Å². The van der Waals surface area contributed by atoms with Crippen LogP contribution in [0.25, 0.3) is 0 Å². The Bertz CT molecular complexity index is 1100. The number of hydrogen-bond donors (Lipinski definition) is 4. The first-order valence-corrected chi connectivity index (χ1v) is 10.6. The number of nitrogens with one attached hydrogen (secondary N) is 4. The van der Waals surface area contributed by atoms with Crippen molar-refractivity contribution in [3.8, 4) is 0 Å². The molecular weight excluding hydrogens is 420 g/mol. The molecule has 8 heteroatoms. The van der Waals surface area contributed by atoms with Crippen molar-refractivity contribution in [2.75, 3.05) is 22.5 Å². The van der Waals surface area contributed by atoms with Gasteiger partial charge in [0.05, 0.1) is 19.4 Å². The molecule has 1 aromatic heterocycles. The molecular formula is C25H28N4O4. The third-order valence-corrected chi connectivity index (χ3v) is 4.69. The van der Waals surface area contributed by atoms with Gasteiger partial charge in [0.2, 0.25) is 11.8 Å². The molecule has 0 fully saturated rings. The predicted molar refractivity (Wildman–Crippen MR) is 128 cm³/mol. The number of hydrogen-bond acceptors (Lipinski definition) is 5. The Hall–Kier alpha value is -4.07. The molecule has 33 heavy (non-hydrogen) atoms. The summed E-state index contributed by atoms with van der Waals surface area (Å²) >= 11 is 0. The van der Waals surface area contributed by atoms with E-state index < -0.39 is 5.41 Å². The zero-order valence-electron chi connectivity index (χ0n) is 18.9. The van der Waals surface area contributed by atoms with Crippen molar-refractivity contribution in [3.05, 3.63) is 78.3 Å². The van der Waals surface area contributed by atoms with E-state index in [1.165, 1.54) is 0 Å². The summed E-state index contributed by atoms with van der Waals surface area (Å²) in [7, 11) is 0. The standard InChI is InChI=1S/C25H28N4O4/c1-25(2,3)24(32)29-20-7-4-6-19(14-20)26-16-22(30)28-18-11-9-17(10-12-18)23(31)27-15-21-8-5-13-33-21/h4-14,26H,15-16H2,1-3H3,(H,27,31)(H,28,30)(H,29,32). The van der Waals surface area contributed by atoms with Gasteiger partial charge in [0.1, 0.15) is 5.76 Å². The number of carbonyl (C=O) groups is 3. The van der Waals surface area contributed by atoms with Crippen molar-refractivity contribution in [3.63, 3.8) is 0 Å². The SMILES string of the molecule is CC(C)(C)C(=O)Nc1cccc(NCC(=O)Nc2ccc(C(=O)NCc3ccco3)cc2)c1. The number of anilines is 3. The van der Waals surface area contributed by atoms with Crippen LogP contribution >= 0.6 is 0 Å². The fourth-order valence-electron chi connectivity index (χ4n) is 2.80. The number of amides is 3.